The highest BCUT2D eigenvalue weighted by molar-refractivity contribution is 5.75. The number of alkyl halides is 3. The van der Waals surface area contributed by atoms with E-state index in [1.54, 1.807) is 0 Å². The molecule has 0 N–H and O–H groups in total. The van der Waals surface area contributed by atoms with E-state index in [1.165, 1.54) is 20.1 Å². The SMILES string of the molecule is COc1cc(C(F)(F)F)ccc1C(C)CCC(C)=O. The molecule has 1 aromatic carbocycles. The van der Waals surface area contributed by atoms with Crippen molar-refractivity contribution in [2.45, 2.75) is 38.8 Å². The molecule has 5 heteroatoms. The number of carbonyl (C=O) groups excluding carboxylic acids is 1. The Hall–Kier alpha value is -1.52. The van der Waals surface area contributed by atoms with Crippen molar-refractivity contribution in [1.82, 2.24) is 0 Å². The summed E-state index contributed by atoms with van der Waals surface area (Å²) >= 11 is 0. The molecule has 1 rings (SSSR count). The number of carbonyl (C=O) groups is 1. The van der Waals surface area contributed by atoms with Gasteiger partial charge in [-0.15, -0.1) is 0 Å². The first-order chi connectivity index (χ1) is 8.75. The predicted octanol–water partition coefficient (Wildman–Crippen LogP) is 4.19. The Morgan fingerprint density at radius 2 is 2.00 bits per heavy atom. The highest BCUT2D eigenvalue weighted by Crippen LogP contribution is 2.36. The van der Waals surface area contributed by atoms with Crippen molar-refractivity contribution in [1.29, 1.82) is 0 Å². The number of Topliss-reactive ketones (excluding diaryl/α,β-unsaturated/α-hetero) is 1. The number of hydrogen-bond acceptors (Lipinski definition) is 2. The van der Waals surface area contributed by atoms with Gasteiger partial charge in [0, 0.05) is 6.42 Å². The fourth-order valence-electron chi connectivity index (χ4n) is 1.87. The van der Waals surface area contributed by atoms with E-state index in [1.807, 2.05) is 6.92 Å². The molecule has 0 saturated heterocycles. The Bertz CT molecular complexity index is 452. The molecule has 1 aromatic rings. The first-order valence-corrected chi connectivity index (χ1v) is 6.00. The third-order valence-electron chi connectivity index (χ3n) is 3.02. The normalized spacial score (nSPS) is 13.2. The molecular weight excluding hydrogens is 257 g/mol. The lowest BCUT2D eigenvalue weighted by atomic mass is 9.93. The molecule has 0 radical (unpaired) electrons. The topological polar surface area (TPSA) is 26.3 Å². The van der Waals surface area contributed by atoms with Gasteiger partial charge in [-0.1, -0.05) is 13.0 Å². The highest BCUT2D eigenvalue weighted by Gasteiger charge is 2.31. The maximum absolute atomic E-state index is 12.6. The quantitative estimate of drug-likeness (QED) is 0.804. The molecule has 106 valence electrons. The largest absolute Gasteiger partial charge is 0.496 e. The first kappa shape index (κ1) is 15.5. The average Bonchev–Trinajstić information content (AvgIpc) is 2.33. The number of halogens is 3. The molecule has 0 saturated carbocycles. The van der Waals surface area contributed by atoms with Crippen molar-refractivity contribution in [2.75, 3.05) is 7.11 Å². The van der Waals surface area contributed by atoms with Crippen LogP contribution in [0.5, 0.6) is 5.75 Å². The lowest BCUT2D eigenvalue weighted by Gasteiger charge is -2.17. The fourth-order valence-corrected chi connectivity index (χ4v) is 1.87. The number of methoxy groups -OCH3 is 1. The molecule has 2 nitrogen and oxygen atoms in total. The Labute approximate surface area is 110 Å². The predicted molar refractivity (Wildman–Crippen MR) is 66.3 cm³/mol. The van der Waals surface area contributed by atoms with Crippen LogP contribution in [0.25, 0.3) is 0 Å². The summed E-state index contributed by atoms with van der Waals surface area (Å²) in [4.78, 5) is 10.9. The Morgan fingerprint density at radius 3 is 2.47 bits per heavy atom. The smallest absolute Gasteiger partial charge is 0.416 e. The van der Waals surface area contributed by atoms with Crippen LogP contribution >= 0.6 is 0 Å². The summed E-state index contributed by atoms with van der Waals surface area (Å²) in [7, 11) is 1.34. The van der Waals surface area contributed by atoms with Gasteiger partial charge in [0.05, 0.1) is 12.7 Å². The van der Waals surface area contributed by atoms with Crippen molar-refractivity contribution in [3.8, 4) is 5.75 Å². The lowest BCUT2D eigenvalue weighted by Crippen LogP contribution is -2.07. The van der Waals surface area contributed by atoms with Crippen molar-refractivity contribution in [3.63, 3.8) is 0 Å². The standard InChI is InChI=1S/C14H17F3O2/c1-9(4-5-10(2)18)12-7-6-11(14(15,16)17)8-13(12)19-3/h6-9H,4-5H2,1-3H3. The minimum absolute atomic E-state index is 0.0267. The molecule has 0 aliphatic heterocycles. The molecule has 0 spiro atoms. The summed E-state index contributed by atoms with van der Waals surface area (Å²) < 4.78 is 42.8. The number of ether oxygens (including phenoxy) is 1. The van der Waals surface area contributed by atoms with Gasteiger partial charge in [-0.3, -0.25) is 0 Å². The van der Waals surface area contributed by atoms with E-state index in [0.717, 1.165) is 12.1 Å². The molecule has 0 amide bonds. The molecule has 0 fully saturated rings. The zero-order valence-electron chi connectivity index (χ0n) is 11.2. The summed E-state index contributed by atoms with van der Waals surface area (Å²) in [5.41, 5.74) is -0.0383. The second-order valence-corrected chi connectivity index (χ2v) is 4.60. The third-order valence-corrected chi connectivity index (χ3v) is 3.02. The van der Waals surface area contributed by atoms with Crippen LogP contribution in [-0.4, -0.2) is 12.9 Å². The van der Waals surface area contributed by atoms with Crippen LogP contribution in [-0.2, 0) is 11.0 Å². The van der Waals surface area contributed by atoms with Gasteiger partial charge in [-0.25, -0.2) is 0 Å². The number of ketones is 1. The molecule has 0 heterocycles. The zero-order chi connectivity index (χ0) is 14.6. The molecule has 1 unspecified atom stereocenters. The van der Waals surface area contributed by atoms with Crippen molar-refractivity contribution >= 4 is 5.78 Å². The van der Waals surface area contributed by atoms with Gasteiger partial charge in [-0.05, 0) is 37.0 Å². The van der Waals surface area contributed by atoms with E-state index >= 15 is 0 Å². The summed E-state index contributed by atoms with van der Waals surface area (Å²) in [5.74, 6) is 0.254. The van der Waals surface area contributed by atoms with E-state index in [-0.39, 0.29) is 17.5 Å². The Morgan fingerprint density at radius 1 is 1.37 bits per heavy atom. The number of rotatable bonds is 5. The highest BCUT2D eigenvalue weighted by atomic mass is 19.4. The van der Waals surface area contributed by atoms with E-state index in [4.69, 9.17) is 4.74 Å². The monoisotopic (exact) mass is 274 g/mol. The second kappa shape index (κ2) is 6.08. The summed E-state index contributed by atoms with van der Waals surface area (Å²) in [6, 6.07) is 3.47. The summed E-state index contributed by atoms with van der Waals surface area (Å²) in [6.45, 7) is 3.37. The minimum atomic E-state index is -4.38. The van der Waals surface area contributed by atoms with E-state index in [2.05, 4.69) is 0 Å². The zero-order valence-corrected chi connectivity index (χ0v) is 11.2. The van der Waals surface area contributed by atoms with Gasteiger partial charge in [0.25, 0.3) is 0 Å². The number of hydrogen-bond donors (Lipinski definition) is 0. The van der Waals surface area contributed by atoms with Crippen molar-refractivity contribution in [2.24, 2.45) is 0 Å². The van der Waals surface area contributed by atoms with Gasteiger partial charge in [0.1, 0.15) is 11.5 Å². The molecular formula is C14H17F3O2. The van der Waals surface area contributed by atoms with Gasteiger partial charge in [0.15, 0.2) is 0 Å². The molecule has 1 atom stereocenters. The van der Waals surface area contributed by atoms with Crippen molar-refractivity contribution < 1.29 is 22.7 Å². The van der Waals surface area contributed by atoms with Gasteiger partial charge < -0.3 is 9.53 Å². The van der Waals surface area contributed by atoms with Crippen LogP contribution in [0, 0.1) is 0 Å². The third kappa shape index (κ3) is 4.26. The van der Waals surface area contributed by atoms with Crippen LogP contribution in [0.2, 0.25) is 0 Å². The first-order valence-electron chi connectivity index (χ1n) is 6.00. The maximum atomic E-state index is 12.6. The summed E-state index contributed by atoms with van der Waals surface area (Å²) in [6.07, 6.45) is -3.38. The summed E-state index contributed by atoms with van der Waals surface area (Å²) in [5, 5.41) is 0. The molecule has 0 aliphatic rings. The van der Waals surface area contributed by atoms with Crippen LogP contribution < -0.4 is 4.74 Å². The van der Waals surface area contributed by atoms with E-state index in [0.29, 0.717) is 18.4 Å². The average molecular weight is 274 g/mol. The van der Waals surface area contributed by atoms with Crippen LogP contribution in [0.3, 0.4) is 0 Å². The van der Waals surface area contributed by atoms with Crippen LogP contribution in [0.1, 0.15) is 43.7 Å². The van der Waals surface area contributed by atoms with Gasteiger partial charge >= 0.3 is 6.18 Å². The minimum Gasteiger partial charge on any atom is -0.496 e. The van der Waals surface area contributed by atoms with E-state index in [9.17, 15) is 18.0 Å². The van der Waals surface area contributed by atoms with Crippen molar-refractivity contribution in [3.05, 3.63) is 29.3 Å². The fraction of sp³-hybridized carbons (Fsp3) is 0.500. The Balaban J connectivity index is 2.99. The van der Waals surface area contributed by atoms with Gasteiger partial charge in [-0.2, -0.15) is 13.2 Å². The Kier molecular flexibility index (Phi) is 4.97. The van der Waals surface area contributed by atoms with Gasteiger partial charge in [0.2, 0.25) is 0 Å². The molecule has 0 bridgehead atoms. The molecule has 0 aromatic heterocycles. The van der Waals surface area contributed by atoms with Crippen LogP contribution in [0.4, 0.5) is 13.2 Å². The lowest BCUT2D eigenvalue weighted by molar-refractivity contribution is -0.137. The second-order valence-electron chi connectivity index (χ2n) is 4.60. The maximum Gasteiger partial charge on any atom is 0.416 e. The molecule has 0 aliphatic carbocycles. The molecule has 19 heavy (non-hydrogen) atoms. The number of benzene rings is 1. The van der Waals surface area contributed by atoms with E-state index < -0.39 is 11.7 Å². The van der Waals surface area contributed by atoms with Crippen LogP contribution in [0.15, 0.2) is 18.2 Å².